The Labute approximate surface area is 327 Å². The summed E-state index contributed by atoms with van der Waals surface area (Å²) < 4.78 is 6.99. The Kier molecular flexibility index (Phi) is 6.83. The molecule has 8 aromatic carbocycles. The molecule has 0 aliphatic rings. The highest BCUT2D eigenvalue weighted by Gasteiger charge is 2.24. The molecule has 0 aliphatic heterocycles. The van der Waals surface area contributed by atoms with Crippen molar-refractivity contribution >= 4 is 65.4 Å². The summed E-state index contributed by atoms with van der Waals surface area (Å²) in [6.45, 7) is 0. The summed E-state index contributed by atoms with van der Waals surface area (Å²) >= 11 is 0. The van der Waals surface area contributed by atoms with Crippen LogP contribution in [0.15, 0.2) is 194 Å². The smallest absolute Gasteiger partial charge is 0.238 e. The molecule has 4 aromatic heterocycles. The first kappa shape index (κ1) is 31.5. The van der Waals surface area contributed by atoms with Crippen molar-refractivity contribution in [2.24, 2.45) is 0 Å². The number of para-hydroxylation sites is 6. The predicted octanol–water partition coefficient (Wildman–Crippen LogP) is 12.5. The summed E-state index contributed by atoms with van der Waals surface area (Å²) in [7, 11) is 0. The van der Waals surface area contributed by atoms with Crippen LogP contribution >= 0.6 is 0 Å². The van der Waals surface area contributed by atoms with Gasteiger partial charge in [0.05, 0.1) is 38.8 Å². The van der Waals surface area contributed by atoms with Crippen LogP contribution in [0.2, 0.25) is 0 Å². The average Bonchev–Trinajstić information content (AvgIpc) is 3.93. The van der Waals surface area contributed by atoms with Gasteiger partial charge >= 0.3 is 0 Å². The number of benzene rings is 8. The topological polar surface area (TPSA) is 53.5 Å². The van der Waals surface area contributed by atoms with E-state index in [1.807, 2.05) is 18.2 Å². The van der Waals surface area contributed by atoms with E-state index in [1.165, 1.54) is 21.5 Å². The molecule has 266 valence electrons. The second-order valence-corrected chi connectivity index (χ2v) is 14.4. The monoisotopic (exact) mass is 728 g/mol. The van der Waals surface area contributed by atoms with E-state index < -0.39 is 0 Å². The van der Waals surface area contributed by atoms with Gasteiger partial charge in [-0.3, -0.25) is 4.57 Å². The third kappa shape index (κ3) is 4.68. The van der Waals surface area contributed by atoms with Crippen LogP contribution in [0.1, 0.15) is 0 Å². The zero-order valence-corrected chi connectivity index (χ0v) is 30.7. The molecule has 0 amide bonds. The molecule has 0 atom stereocenters. The zero-order valence-electron chi connectivity index (χ0n) is 30.7. The van der Waals surface area contributed by atoms with Crippen LogP contribution in [-0.4, -0.2) is 28.7 Å². The standard InChI is InChI=1S/C51H32N6/c1-3-17-33(18-4-1)49-52-50(41-25-11-16-30-46(41)56-43-27-13-7-21-35(43)36-22-8-14-28-44(36)56)54-51(53-49)57-45-29-15-10-24-38(45)40-32-31-39-37-23-9-12-26-42(37)55(47(39)48(40)57)34-19-5-2-6-20-34/h1-32H. The second kappa shape index (κ2) is 12.3. The van der Waals surface area contributed by atoms with Crippen molar-refractivity contribution in [2.75, 3.05) is 0 Å². The van der Waals surface area contributed by atoms with Crippen molar-refractivity contribution in [1.82, 2.24) is 28.7 Å². The molecule has 0 spiro atoms. The molecule has 12 aromatic rings. The molecule has 0 aliphatic carbocycles. The SMILES string of the molecule is c1ccc(-c2nc(-c3ccccc3-n3c4ccccc4c4ccccc43)nc(-n3c4ccccc4c4ccc5c6ccccc6n(-c6ccccc6)c5c43)n2)cc1. The van der Waals surface area contributed by atoms with E-state index in [1.54, 1.807) is 0 Å². The van der Waals surface area contributed by atoms with Gasteiger partial charge in [-0.1, -0.05) is 146 Å². The molecule has 0 saturated heterocycles. The highest BCUT2D eigenvalue weighted by atomic mass is 15.2. The largest absolute Gasteiger partial charge is 0.309 e. The Bertz CT molecular complexity index is 3470. The van der Waals surface area contributed by atoms with Crippen LogP contribution in [0.5, 0.6) is 0 Å². The molecular weight excluding hydrogens is 697 g/mol. The first-order valence-corrected chi connectivity index (χ1v) is 19.2. The number of hydrogen-bond donors (Lipinski definition) is 0. The first-order valence-electron chi connectivity index (χ1n) is 19.2. The lowest BCUT2D eigenvalue weighted by Gasteiger charge is -2.15. The fourth-order valence-electron chi connectivity index (χ4n) is 8.90. The molecule has 0 unspecified atom stereocenters. The predicted molar refractivity (Wildman–Crippen MR) is 234 cm³/mol. The van der Waals surface area contributed by atoms with Crippen LogP contribution in [0.4, 0.5) is 0 Å². The third-order valence-electron chi connectivity index (χ3n) is 11.3. The molecule has 6 heteroatoms. The van der Waals surface area contributed by atoms with E-state index in [2.05, 4.69) is 190 Å². The second-order valence-electron chi connectivity index (χ2n) is 14.4. The molecule has 0 radical (unpaired) electrons. The number of hydrogen-bond acceptors (Lipinski definition) is 3. The van der Waals surface area contributed by atoms with Crippen LogP contribution in [0.3, 0.4) is 0 Å². The van der Waals surface area contributed by atoms with E-state index in [0.29, 0.717) is 17.6 Å². The van der Waals surface area contributed by atoms with Crippen LogP contribution < -0.4 is 0 Å². The Morgan fingerprint density at radius 2 is 0.737 bits per heavy atom. The maximum atomic E-state index is 5.48. The van der Waals surface area contributed by atoms with E-state index in [4.69, 9.17) is 15.0 Å². The number of nitrogens with zero attached hydrogens (tertiary/aromatic N) is 6. The molecule has 0 N–H and O–H groups in total. The minimum absolute atomic E-state index is 0.555. The molecule has 0 bridgehead atoms. The Morgan fingerprint density at radius 1 is 0.298 bits per heavy atom. The summed E-state index contributed by atoms with van der Waals surface area (Å²) in [6.07, 6.45) is 0. The van der Waals surface area contributed by atoms with Crippen molar-refractivity contribution in [2.45, 2.75) is 0 Å². The van der Waals surface area contributed by atoms with Crippen molar-refractivity contribution < 1.29 is 0 Å². The number of rotatable bonds is 5. The van der Waals surface area contributed by atoms with Crippen LogP contribution in [-0.2, 0) is 0 Å². The van der Waals surface area contributed by atoms with Gasteiger partial charge in [-0.25, -0.2) is 4.98 Å². The van der Waals surface area contributed by atoms with E-state index >= 15 is 0 Å². The molecule has 6 nitrogen and oxygen atoms in total. The summed E-state index contributed by atoms with van der Waals surface area (Å²) in [5.74, 6) is 1.76. The van der Waals surface area contributed by atoms with Gasteiger partial charge in [-0.05, 0) is 48.5 Å². The van der Waals surface area contributed by atoms with E-state index in [-0.39, 0.29) is 0 Å². The third-order valence-corrected chi connectivity index (χ3v) is 11.3. The van der Waals surface area contributed by atoms with E-state index in [9.17, 15) is 0 Å². The highest BCUT2D eigenvalue weighted by Crippen LogP contribution is 2.42. The van der Waals surface area contributed by atoms with Crippen LogP contribution in [0.25, 0.3) is 106 Å². The average molecular weight is 729 g/mol. The lowest BCUT2D eigenvalue weighted by Crippen LogP contribution is -2.08. The van der Waals surface area contributed by atoms with Gasteiger partial charge in [-0.2, -0.15) is 9.97 Å². The Morgan fingerprint density at radius 3 is 1.35 bits per heavy atom. The minimum Gasteiger partial charge on any atom is -0.309 e. The summed E-state index contributed by atoms with van der Waals surface area (Å²) in [5, 5.41) is 7.02. The number of fused-ring (bicyclic) bond motifs is 10. The molecule has 4 heterocycles. The van der Waals surface area contributed by atoms with Gasteiger partial charge in [0, 0.05) is 49.1 Å². The fourth-order valence-corrected chi connectivity index (χ4v) is 8.90. The lowest BCUT2D eigenvalue weighted by atomic mass is 10.1. The quantitative estimate of drug-likeness (QED) is 0.177. The molecule has 0 fully saturated rings. The molecular formula is C51H32N6. The Balaban J connectivity index is 1.22. The van der Waals surface area contributed by atoms with Gasteiger partial charge in [0.2, 0.25) is 5.95 Å². The van der Waals surface area contributed by atoms with Crippen molar-refractivity contribution in [3.8, 4) is 40.1 Å². The molecule has 12 rings (SSSR count). The molecule has 57 heavy (non-hydrogen) atoms. The lowest BCUT2D eigenvalue weighted by molar-refractivity contribution is 0.951. The first-order chi connectivity index (χ1) is 28.3. The van der Waals surface area contributed by atoms with Crippen molar-refractivity contribution in [3.05, 3.63) is 194 Å². The van der Waals surface area contributed by atoms with Gasteiger partial charge < -0.3 is 9.13 Å². The summed E-state index contributed by atoms with van der Waals surface area (Å²) in [4.78, 5) is 16.1. The number of aromatic nitrogens is 6. The van der Waals surface area contributed by atoms with Gasteiger partial charge in [0.15, 0.2) is 11.6 Å². The van der Waals surface area contributed by atoms with Crippen molar-refractivity contribution in [1.29, 1.82) is 0 Å². The summed E-state index contributed by atoms with van der Waals surface area (Å²) in [6, 6.07) is 68.3. The van der Waals surface area contributed by atoms with Crippen LogP contribution in [0, 0.1) is 0 Å². The normalized spacial score (nSPS) is 11.9. The van der Waals surface area contributed by atoms with Gasteiger partial charge in [-0.15, -0.1) is 0 Å². The highest BCUT2D eigenvalue weighted by molar-refractivity contribution is 6.23. The van der Waals surface area contributed by atoms with E-state index in [0.717, 1.165) is 66.4 Å². The zero-order chi connectivity index (χ0) is 37.5. The molecule has 0 saturated carbocycles. The summed E-state index contributed by atoms with van der Waals surface area (Å²) in [5.41, 5.74) is 10.5. The Hall–Kier alpha value is -7.83. The van der Waals surface area contributed by atoms with Gasteiger partial charge in [0.1, 0.15) is 0 Å². The minimum atomic E-state index is 0.555. The van der Waals surface area contributed by atoms with Crippen molar-refractivity contribution in [3.63, 3.8) is 0 Å². The maximum absolute atomic E-state index is 5.48. The van der Waals surface area contributed by atoms with Gasteiger partial charge in [0.25, 0.3) is 0 Å². The fraction of sp³-hybridized carbons (Fsp3) is 0. The maximum Gasteiger partial charge on any atom is 0.238 e.